The zero-order valence-electron chi connectivity index (χ0n) is 11.5. The Balaban J connectivity index is 1.90. The molecule has 5 heteroatoms. The molecule has 0 spiro atoms. The summed E-state index contributed by atoms with van der Waals surface area (Å²) in [5.74, 6) is 0.807. The molecule has 0 aliphatic carbocycles. The number of amides is 1. The molecule has 0 saturated carbocycles. The maximum absolute atomic E-state index is 12.1. The Bertz CT molecular complexity index is 552. The predicted octanol–water partition coefficient (Wildman–Crippen LogP) is 2.58. The molecule has 20 heavy (non-hydrogen) atoms. The monoisotopic (exact) mass is 293 g/mol. The van der Waals surface area contributed by atoms with E-state index in [-0.39, 0.29) is 18.0 Å². The van der Waals surface area contributed by atoms with Gasteiger partial charge >= 0.3 is 0 Å². The van der Waals surface area contributed by atoms with Crippen LogP contribution in [0, 0.1) is 0 Å². The summed E-state index contributed by atoms with van der Waals surface area (Å²) < 4.78 is 5.33. The summed E-state index contributed by atoms with van der Waals surface area (Å²) in [5.41, 5.74) is 0.741. The molecule has 1 aromatic carbocycles. The van der Waals surface area contributed by atoms with E-state index in [0.717, 1.165) is 11.4 Å². The first-order valence-corrected chi connectivity index (χ1v) is 6.89. The molecule has 3 N–H and O–H groups in total. The normalized spacial score (nSPS) is 13.8. The van der Waals surface area contributed by atoms with Crippen LogP contribution in [-0.4, -0.2) is 11.9 Å². The van der Waals surface area contributed by atoms with Gasteiger partial charge in [-0.2, -0.15) is 0 Å². The Morgan fingerprint density at radius 3 is 2.55 bits per heavy atom. The summed E-state index contributed by atoms with van der Waals surface area (Å²) in [5, 5.41) is 5.47. The molecule has 4 nitrogen and oxygen atoms in total. The second-order valence-corrected chi connectivity index (χ2v) is 5.22. The van der Waals surface area contributed by atoms with Crippen LogP contribution in [0.5, 0.6) is 0 Å². The number of anilines is 1. The number of carbonyl (C=O) groups excluding carboxylic acids is 1. The number of furan rings is 1. The van der Waals surface area contributed by atoms with Gasteiger partial charge in [0.15, 0.2) is 11.8 Å². The second kappa shape index (κ2) is 6.59. The van der Waals surface area contributed by atoms with Crippen LogP contribution < -0.4 is 10.6 Å². The minimum absolute atomic E-state index is 0.0503. The number of halogens is 1. The zero-order chi connectivity index (χ0) is 14.5. The average Bonchev–Trinajstić information content (AvgIpc) is 2.95. The smallest absolute Gasteiger partial charge is 0.282 e. The van der Waals surface area contributed by atoms with Crippen LogP contribution >= 0.6 is 11.6 Å². The van der Waals surface area contributed by atoms with Gasteiger partial charge in [0.2, 0.25) is 0 Å². The molecule has 106 valence electrons. The van der Waals surface area contributed by atoms with Crippen molar-refractivity contribution in [1.29, 1.82) is 0 Å². The van der Waals surface area contributed by atoms with E-state index in [1.165, 1.54) is 0 Å². The van der Waals surface area contributed by atoms with Crippen molar-refractivity contribution < 1.29 is 14.5 Å². The van der Waals surface area contributed by atoms with Gasteiger partial charge in [0.05, 0.1) is 6.26 Å². The minimum atomic E-state index is -0.217. The number of hydrogen-bond acceptors (Lipinski definition) is 2. The van der Waals surface area contributed by atoms with Crippen LogP contribution in [0.4, 0.5) is 5.69 Å². The van der Waals surface area contributed by atoms with Crippen LogP contribution in [0.1, 0.15) is 25.6 Å². The third-order valence-corrected chi connectivity index (χ3v) is 3.35. The Kier molecular flexibility index (Phi) is 4.82. The Hall–Kier alpha value is -1.78. The molecule has 0 unspecified atom stereocenters. The van der Waals surface area contributed by atoms with E-state index >= 15 is 0 Å². The van der Waals surface area contributed by atoms with E-state index in [1.54, 1.807) is 30.5 Å². The lowest BCUT2D eigenvalue weighted by Crippen LogP contribution is -2.91. The molecule has 0 aliphatic rings. The van der Waals surface area contributed by atoms with Gasteiger partial charge in [0, 0.05) is 10.7 Å². The number of carbonyl (C=O) groups is 1. The fraction of sp³-hybridized carbons (Fsp3) is 0.267. The highest BCUT2D eigenvalue weighted by atomic mass is 35.5. The maximum atomic E-state index is 12.1. The second-order valence-electron chi connectivity index (χ2n) is 4.78. The average molecular weight is 294 g/mol. The van der Waals surface area contributed by atoms with Gasteiger partial charge in [0.1, 0.15) is 6.04 Å². The highest BCUT2D eigenvalue weighted by molar-refractivity contribution is 6.30. The molecular weight excluding hydrogens is 276 g/mol. The van der Waals surface area contributed by atoms with Crippen molar-refractivity contribution in [3.05, 3.63) is 53.4 Å². The molecule has 2 rings (SSSR count). The standard InChI is InChI=1S/C15H17ClN2O2/c1-10(14-4-3-9-20-14)17-11(2)15(19)18-13-7-5-12(16)6-8-13/h3-11,17H,1-2H3,(H,18,19)/p+1/t10-,11+/m1/s1. The van der Waals surface area contributed by atoms with Crippen molar-refractivity contribution in [3.8, 4) is 0 Å². The van der Waals surface area contributed by atoms with E-state index in [0.29, 0.717) is 5.02 Å². The molecule has 0 radical (unpaired) electrons. The summed E-state index contributed by atoms with van der Waals surface area (Å²) in [6.07, 6.45) is 1.64. The Morgan fingerprint density at radius 2 is 1.95 bits per heavy atom. The first-order chi connectivity index (χ1) is 9.56. The van der Waals surface area contributed by atoms with Crippen LogP contribution in [0.3, 0.4) is 0 Å². The van der Waals surface area contributed by atoms with Crippen LogP contribution in [0.25, 0.3) is 0 Å². The molecule has 0 fully saturated rings. The third kappa shape index (κ3) is 3.85. The van der Waals surface area contributed by atoms with Crippen LogP contribution in [0.2, 0.25) is 5.02 Å². The van der Waals surface area contributed by atoms with Gasteiger partial charge in [0.25, 0.3) is 5.91 Å². The first kappa shape index (κ1) is 14.6. The first-order valence-electron chi connectivity index (χ1n) is 6.51. The summed E-state index contributed by atoms with van der Waals surface area (Å²) >= 11 is 5.81. The lowest BCUT2D eigenvalue weighted by atomic mass is 10.2. The SMILES string of the molecule is C[C@H]([NH2+][C@H](C)c1ccco1)C(=O)Nc1ccc(Cl)cc1. The summed E-state index contributed by atoms with van der Waals surface area (Å²) in [7, 11) is 0. The number of benzene rings is 1. The molecule has 0 saturated heterocycles. The van der Waals surface area contributed by atoms with Crippen molar-refractivity contribution in [2.45, 2.75) is 25.9 Å². The van der Waals surface area contributed by atoms with Crippen molar-refractivity contribution in [2.75, 3.05) is 5.32 Å². The third-order valence-electron chi connectivity index (χ3n) is 3.09. The van der Waals surface area contributed by atoms with Gasteiger partial charge in [-0.25, -0.2) is 0 Å². The highest BCUT2D eigenvalue weighted by Crippen LogP contribution is 2.13. The van der Waals surface area contributed by atoms with Crippen molar-refractivity contribution >= 4 is 23.2 Å². The predicted molar refractivity (Wildman–Crippen MR) is 78.6 cm³/mol. The Morgan fingerprint density at radius 1 is 1.25 bits per heavy atom. The molecule has 2 atom stereocenters. The van der Waals surface area contributed by atoms with Gasteiger partial charge in [-0.3, -0.25) is 4.79 Å². The molecule has 1 amide bonds. The number of nitrogens with two attached hydrogens (primary N) is 1. The van der Waals surface area contributed by atoms with E-state index in [1.807, 2.05) is 31.3 Å². The molecule has 1 aromatic heterocycles. The molecule has 0 bridgehead atoms. The quantitative estimate of drug-likeness (QED) is 0.890. The van der Waals surface area contributed by atoms with E-state index < -0.39 is 0 Å². The zero-order valence-corrected chi connectivity index (χ0v) is 12.2. The highest BCUT2D eigenvalue weighted by Gasteiger charge is 2.21. The molecular formula is C15H18ClN2O2+. The van der Waals surface area contributed by atoms with Crippen molar-refractivity contribution in [2.24, 2.45) is 0 Å². The van der Waals surface area contributed by atoms with Gasteiger partial charge in [-0.1, -0.05) is 11.6 Å². The van der Waals surface area contributed by atoms with E-state index in [9.17, 15) is 4.79 Å². The fourth-order valence-corrected chi connectivity index (χ4v) is 2.08. The lowest BCUT2D eigenvalue weighted by molar-refractivity contribution is -0.711. The fourth-order valence-electron chi connectivity index (χ4n) is 1.95. The molecule has 2 aromatic rings. The largest absolute Gasteiger partial charge is 0.463 e. The van der Waals surface area contributed by atoms with Gasteiger partial charge in [-0.15, -0.1) is 0 Å². The van der Waals surface area contributed by atoms with E-state index in [2.05, 4.69) is 5.32 Å². The number of nitrogens with one attached hydrogen (secondary N) is 1. The molecule has 0 aliphatic heterocycles. The number of hydrogen-bond donors (Lipinski definition) is 2. The van der Waals surface area contributed by atoms with Crippen LogP contribution in [0.15, 0.2) is 47.1 Å². The molecule has 1 heterocycles. The van der Waals surface area contributed by atoms with Crippen molar-refractivity contribution in [3.63, 3.8) is 0 Å². The minimum Gasteiger partial charge on any atom is -0.463 e. The van der Waals surface area contributed by atoms with Crippen LogP contribution in [-0.2, 0) is 4.79 Å². The van der Waals surface area contributed by atoms with Crippen molar-refractivity contribution in [1.82, 2.24) is 0 Å². The summed E-state index contributed by atoms with van der Waals surface area (Å²) in [6.45, 7) is 3.87. The summed E-state index contributed by atoms with van der Waals surface area (Å²) in [4.78, 5) is 12.1. The lowest BCUT2D eigenvalue weighted by Gasteiger charge is -2.15. The van der Waals surface area contributed by atoms with Gasteiger partial charge in [-0.05, 0) is 50.2 Å². The summed E-state index contributed by atoms with van der Waals surface area (Å²) in [6, 6.07) is 10.7. The Labute approximate surface area is 123 Å². The van der Waals surface area contributed by atoms with Gasteiger partial charge < -0.3 is 15.1 Å². The number of quaternary nitrogens is 1. The maximum Gasteiger partial charge on any atom is 0.282 e. The van der Waals surface area contributed by atoms with E-state index in [4.69, 9.17) is 16.0 Å². The topological polar surface area (TPSA) is 58.9 Å². The number of rotatable bonds is 5.